The Labute approximate surface area is 117 Å². The van der Waals surface area contributed by atoms with Gasteiger partial charge in [-0.1, -0.05) is 13.8 Å². The molecule has 1 fully saturated rings. The molecule has 4 nitrogen and oxygen atoms in total. The molecule has 0 radical (unpaired) electrons. The van der Waals surface area contributed by atoms with Crippen LogP contribution in [0.15, 0.2) is 0 Å². The molecule has 3 atom stereocenters. The number of carbonyl (C=O) groups is 1. The highest BCUT2D eigenvalue weighted by Gasteiger charge is 2.25. The molecular formula is C15H29NO3. The van der Waals surface area contributed by atoms with Gasteiger partial charge in [0.05, 0.1) is 31.3 Å². The Kier molecular flexibility index (Phi) is 6.80. The normalized spacial score (nSPS) is 25.7. The number of rotatable bonds is 6. The molecule has 1 amide bonds. The molecule has 0 aliphatic carbocycles. The Balaban J connectivity index is 2.23. The van der Waals surface area contributed by atoms with Crippen molar-refractivity contribution in [1.82, 2.24) is 4.90 Å². The van der Waals surface area contributed by atoms with E-state index in [-0.39, 0.29) is 24.2 Å². The zero-order chi connectivity index (χ0) is 14.4. The molecule has 0 N–H and O–H groups in total. The maximum atomic E-state index is 12.1. The van der Waals surface area contributed by atoms with E-state index >= 15 is 0 Å². The topological polar surface area (TPSA) is 38.8 Å². The van der Waals surface area contributed by atoms with Crippen molar-refractivity contribution in [2.75, 3.05) is 19.7 Å². The molecule has 0 bridgehead atoms. The molecule has 1 saturated heterocycles. The average Bonchev–Trinajstić information content (AvgIpc) is 2.26. The van der Waals surface area contributed by atoms with Crippen LogP contribution >= 0.6 is 0 Å². The van der Waals surface area contributed by atoms with Gasteiger partial charge in [-0.05, 0) is 33.1 Å². The average molecular weight is 271 g/mol. The zero-order valence-electron chi connectivity index (χ0n) is 13.0. The lowest BCUT2D eigenvalue weighted by Gasteiger charge is -2.35. The van der Waals surface area contributed by atoms with Crippen LogP contribution in [0.1, 0.15) is 47.5 Å². The second-order valence-electron chi connectivity index (χ2n) is 6.12. The van der Waals surface area contributed by atoms with Crippen molar-refractivity contribution in [3.05, 3.63) is 0 Å². The minimum Gasteiger partial charge on any atom is -0.378 e. The highest BCUT2D eigenvalue weighted by Crippen LogP contribution is 2.12. The summed E-state index contributed by atoms with van der Waals surface area (Å²) in [5, 5.41) is 0. The first-order chi connectivity index (χ1) is 8.88. The molecule has 0 aromatic heterocycles. The highest BCUT2D eigenvalue weighted by molar-refractivity contribution is 5.76. The molecule has 0 spiro atoms. The van der Waals surface area contributed by atoms with Crippen LogP contribution in [0.5, 0.6) is 0 Å². The first-order valence-corrected chi connectivity index (χ1v) is 7.43. The molecule has 0 aromatic carbocycles. The van der Waals surface area contributed by atoms with Crippen LogP contribution in [-0.4, -0.2) is 48.8 Å². The summed E-state index contributed by atoms with van der Waals surface area (Å²) in [5.74, 6) is 0.811. The highest BCUT2D eigenvalue weighted by atomic mass is 16.5. The fourth-order valence-corrected chi connectivity index (χ4v) is 2.62. The maximum Gasteiger partial charge on any atom is 0.225 e. The van der Waals surface area contributed by atoms with E-state index in [0.717, 1.165) is 6.42 Å². The van der Waals surface area contributed by atoms with E-state index in [1.54, 1.807) is 0 Å². The molecule has 1 aliphatic heterocycles. The Bertz CT molecular complexity index is 271. The maximum absolute atomic E-state index is 12.1. The molecule has 112 valence electrons. The second kappa shape index (κ2) is 7.85. The lowest BCUT2D eigenvalue weighted by Crippen LogP contribution is -2.48. The van der Waals surface area contributed by atoms with Crippen molar-refractivity contribution < 1.29 is 14.3 Å². The smallest absolute Gasteiger partial charge is 0.225 e. The SMILES string of the molecule is CC(C)C[C@@H](C)OCCC(=O)N1C[C@@H](C)O[C@@H](C)C1. The van der Waals surface area contributed by atoms with Crippen LogP contribution in [0.25, 0.3) is 0 Å². The molecule has 0 unspecified atom stereocenters. The number of ether oxygens (including phenoxy) is 2. The molecular weight excluding hydrogens is 242 g/mol. The summed E-state index contributed by atoms with van der Waals surface area (Å²) in [6, 6.07) is 0. The van der Waals surface area contributed by atoms with Gasteiger partial charge in [0.25, 0.3) is 0 Å². The summed E-state index contributed by atoms with van der Waals surface area (Å²) in [7, 11) is 0. The number of nitrogens with zero attached hydrogens (tertiary/aromatic N) is 1. The Hall–Kier alpha value is -0.610. The van der Waals surface area contributed by atoms with Gasteiger partial charge in [-0.25, -0.2) is 0 Å². The van der Waals surface area contributed by atoms with Crippen molar-refractivity contribution in [1.29, 1.82) is 0 Å². The largest absolute Gasteiger partial charge is 0.378 e. The molecule has 1 heterocycles. The minimum atomic E-state index is 0.133. The van der Waals surface area contributed by atoms with Crippen LogP contribution in [0.4, 0.5) is 0 Å². The third-order valence-corrected chi connectivity index (χ3v) is 3.29. The molecule has 1 rings (SSSR count). The van der Waals surface area contributed by atoms with Gasteiger partial charge < -0.3 is 14.4 Å². The van der Waals surface area contributed by atoms with Gasteiger partial charge in [-0.15, -0.1) is 0 Å². The van der Waals surface area contributed by atoms with Gasteiger partial charge >= 0.3 is 0 Å². The lowest BCUT2D eigenvalue weighted by atomic mass is 10.1. The molecule has 4 heteroatoms. The van der Waals surface area contributed by atoms with E-state index in [4.69, 9.17) is 9.47 Å². The molecule has 1 aliphatic rings. The fraction of sp³-hybridized carbons (Fsp3) is 0.933. The summed E-state index contributed by atoms with van der Waals surface area (Å²) in [6.45, 7) is 12.4. The van der Waals surface area contributed by atoms with Crippen LogP contribution in [-0.2, 0) is 14.3 Å². The first kappa shape index (κ1) is 16.4. The van der Waals surface area contributed by atoms with Crippen molar-refractivity contribution in [2.45, 2.75) is 65.8 Å². The number of amides is 1. The number of hydrogen-bond acceptors (Lipinski definition) is 3. The minimum absolute atomic E-state index is 0.133. The van der Waals surface area contributed by atoms with Crippen molar-refractivity contribution >= 4 is 5.91 Å². The predicted molar refractivity (Wildman–Crippen MR) is 76.1 cm³/mol. The summed E-state index contributed by atoms with van der Waals surface area (Å²) in [4.78, 5) is 14.0. The standard InChI is InChI=1S/C15H29NO3/c1-11(2)8-12(3)18-7-6-15(17)16-9-13(4)19-14(5)10-16/h11-14H,6-10H2,1-5H3/t12-,13-,14+/m1/s1. The van der Waals surface area contributed by atoms with Gasteiger partial charge in [0.15, 0.2) is 0 Å². The van der Waals surface area contributed by atoms with Gasteiger partial charge in [-0.3, -0.25) is 4.79 Å². The van der Waals surface area contributed by atoms with Gasteiger partial charge in [0, 0.05) is 13.1 Å². The zero-order valence-corrected chi connectivity index (χ0v) is 13.0. The summed E-state index contributed by atoms with van der Waals surface area (Å²) >= 11 is 0. The Morgan fingerprint density at radius 1 is 1.26 bits per heavy atom. The quantitative estimate of drug-likeness (QED) is 0.745. The van der Waals surface area contributed by atoms with Crippen molar-refractivity contribution in [3.8, 4) is 0 Å². The summed E-state index contributed by atoms with van der Waals surface area (Å²) < 4.78 is 11.3. The van der Waals surface area contributed by atoms with E-state index in [2.05, 4.69) is 20.8 Å². The van der Waals surface area contributed by atoms with Gasteiger partial charge in [0.2, 0.25) is 5.91 Å². The number of carbonyl (C=O) groups excluding carboxylic acids is 1. The lowest BCUT2D eigenvalue weighted by molar-refractivity contribution is -0.144. The van der Waals surface area contributed by atoms with Crippen LogP contribution in [0.3, 0.4) is 0 Å². The van der Waals surface area contributed by atoms with E-state index < -0.39 is 0 Å². The van der Waals surface area contributed by atoms with Crippen LogP contribution < -0.4 is 0 Å². The molecule has 0 aromatic rings. The van der Waals surface area contributed by atoms with Gasteiger partial charge in [-0.2, -0.15) is 0 Å². The predicted octanol–water partition coefficient (Wildman–Crippen LogP) is 2.46. The number of morpholine rings is 1. The van der Waals surface area contributed by atoms with Crippen LogP contribution in [0.2, 0.25) is 0 Å². The van der Waals surface area contributed by atoms with E-state index in [9.17, 15) is 4.79 Å². The molecule has 0 saturated carbocycles. The summed E-state index contributed by atoms with van der Waals surface area (Å²) in [6.07, 6.45) is 2.01. The Morgan fingerprint density at radius 2 is 1.84 bits per heavy atom. The summed E-state index contributed by atoms with van der Waals surface area (Å²) in [5.41, 5.74) is 0. The fourth-order valence-electron chi connectivity index (χ4n) is 2.62. The van der Waals surface area contributed by atoms with E-state index in [1.807, 2.05) is 18.7 Å². The molecule has 19 heavy (non-hydrogen) atoms. The number of hydrogen-bond donors (Lipinski definition) is 0. The second-order valence-corrected chi connectivity index (χ2v) is 6.12. The van der Waals surface area contributed by atoms with E-state index in [0.29, 0.717) is 32.0 Å². The monoisotopic (exact) mass is 271 g/mol. The third-order valence-electron chi connectivity index (χ3n) is 3.29. The van der Waals surface area contributed by atoms with Crippen molar-refractivity contribution in [2.24, 2.45) is 5.92 Å². The van der Waals surface area contributed by atoms with Gasteiger partial charge in [0.1, 0.15) is 0 Å². The Morgan fingerprint density at radius 3 is 2.37 bits per heavy atom. The van der Waals surface area contributed by atoms with E-state index in [1.165, 1.54) is 0 Å². The van der Waals surface area contributed by atoms with Crippen LogP contribution in [0, 0.1) is 5.92 Å². The first-order valence-electron chi connectivity index (χ1n) is 7.43. The van der Waals surface area contributed by atoms with Crippen molar-refractivity contribution in [3.63, 3.8) is 0 Å². The third kappa shape index (κ3) is 6.39.